The molecule has 0 radical (unpaired) electrons. The van der Waals surface area contributed by atoms with E-state index in [1.165, 1.54) is 4.68 Å². The Balaban J connectivity index is 1.38. The molecule has 3 fully saturated rings. The monoisotopic (exact) mass is 605 g/mol. The highest BCUT2D eigenvalue weighted by Crippen LogP contribution is 2.39. The van der Waals surface area contributed by atoms with Crippen molar-refractivity contribution in [2.24, 2.45) is 5.92 Å². The second-order valence-corrected chi connectivity index (χ2v) is 14.7. The third kappa shape index (κ3) is 6.81. The second kappa shape index (κ2) is 12.0. The molecule has 2 aromatic rings. The zero-order chi connectivity index (χ0) is 30.2. The molecule has 2 aromatic heterocycles. The molecule has 0 spiro atoms. The highest BCUT2D eigenvalue weighted by molar-refractivity contribution is 7.89. The molecule has 13 nitrogen and oxygen atoms in total. The molecule has 0 saturated carbocycles. The van der Waals surface area contributed by atoms with E-state index >= 15 is 0 Å². The number of hydrogen-bond donors (Lipinski definition) is 1. The first kappa shape index (κ1) is 30.5. The summed E-state index contributed by atoms with van der Waals surface area (Å²) in [6, 6.07) is 3.48. The van der Waals surface area contributed by atoms with Crippen molar-refractivity contribution in [3.05, 3.63) is 17.8 Å². The van der Waals surface area contributed by atoms with Gasteiger partial charge in [0.2, 0.25) is 21.9 Å². The van der Waals surface area contributed by atoms with Gasteiger partial charge in [-0.1, -0.05) is 6.42 Å². The topological polar surface area (TPSA) is 141 Å². The predicted octanol–water partition coefficient (Wildman–Crippen LogP) is 3.70. The number of hydrogen-bond acceptors (Lipinski definition) is 11. The summed E-state index contributed by atoms with van der Waals surface area (Å²) in [7, 11) is -1.32. The van der Waals surface area contributed by atoms with Crippen LogP contribution < -0.4 is 15.0 Å². The van der Waals surface area contributed by atoms with Crippen molar-refractivity contribution >= 4 is 33.7 Å². The largest absolute Gasteiger partial charge is 0.477 e. The molecule has 3 aliphatic rings. The van der Waals surface area contributed by atoms with Crippen LogP contribution in [0.3, 0.4) is 0 Å². The predicted molar refractivity (Wildman–Crippen MR) is 158 cm³/mol. The third-order valence-corrected chi connectivity index (χ3v) is 9.98. The van der Waals surface area contributed by atoms with Gasteiger partial charge in [-0.3, -0.25) is 0 Å². The molecule has 232 valence electrons. The van der Waals surface area contributed by atoms with E-state index in [2.05, 4.69) is 10.4 Å². The molecule has 0 amide bonds. The van der Waals surface area contributed by atoms with Crippen LogP contribution in [0.25, 0.3) is 0 Å². The Labute approximate surface area is 248 Å². The summed E-state index contributed by atoms with van der Waals surface area (Å²) in [4.78, 5) is 24.2. The van der Waals surface area contributed by atoms with Crippen LogP contribution in [0.15, 0.2) is 12.1 Å². The number of ether oxygens (including phenoxy) is 3. The standard InChI is InChI=1S/C28H43N7O6S/c1-7-42(37,38)35-20-9-8-10-21(35)13-22(12-20)33(6)26-30-23(14-25(31-26)40-17-19-15-39-16-19)29-24-11-18(2)34(32-24)27(36)41-28(3,4)5/h11,14,19-22H,7-10,12-13,15-17H2,1-6H3,(H,29,30,31,32)/t20-,21+,22?. The highest BCUT2D eigenvalue weighted by Gasteiger charge is 2.45. The van der Waals surface area contributed by atoms with Crippen LogP contribution in [0.4, 0.5) is 22.4 Å². The van der Waals surface area contributed by atoms with E-state index < -0.39 is 21.7 Å². The molecule has 2 bridgehead atoms. The smallest absolute Gasteiger partial charge is 0.435 e. The summed E-state index contributed by atoms with van der Waals surface area (Å²) in [6.45, 7) is 10.7. The molecule has 1 N–H and O–H groups in total. The maximum atomic E-state index is 12.9. The van der Waals surface area contributed by atoms with Gasteiger partial charge in [-0.15, -0.1) is 5.10 Å². The number of anilines is 3. The minimum absolute atomic E-state index is 0.0228. The van der Waals surface area contributed by atoms with Crippen molar-refractivity contribution in [2.75, 3.05) is 42.8 Å². The van der Waals surface area contributed by atoms with E-state index in [-0.39, 0.29) is 23.9 Å². The molecule has 3 aliphatic heterocycles. The van der Waals surface area contributed by atoms with E-state index in [0.717, 1.165) is 19.3 Å². The number of carbonyl (C=O) groups excluding carboxylic acids is 1. The van der Waals surface area contributed by atoms with E-state index in [0.29, 0.717) is 67.7 Å². The minimum Gasteiger partial charge on any atom is -0.477 e. The Morgan fingerprint density at radius 1 is 1.14 bits per heavy atom. The fourth-order valence-corrected chi connectivity index (χ4v) is 7.43. The van der Waals surface area contributed by atoms with Gasteiger partial charge in [0.25, 0.3) is 0 Å². The molecular weight excluding hydrogens is 562 g/mol. The van der Waals surface area contributed by atoms with Crippen LogP contribution in [0.5, 0.6) is 5.88 Å². The zero-order valence-electron chi connectivity index (χ0n) is 25.4. The number of fused-ring (bicyclic) bond motifs is 2. The number of nitrogens with one attached hydrogen (secondary N) is 1. The van der Waals surface area contributed by atoms with Crippen LogP contribution in [0, 0.1) is 12.8 Å². The number of aromatic nitrogens is 4. The van der Waals surface area contributed by atoms with Gasteiger partial charge < -0.3 is 24.4 Å². The molecule has 5 rings (SSSR count). The van der Waals surface area contributed by atoms with Crippen molar-refractivity contribution < 1.29 is 27.4 Å². The lowest BCUT2D eigenvalue weighted by atomic mass is 9.83. The van der Waals surface area contributed by atoms with Crippen LogP contribution in [0.2, 0.25) is 0 Å². The van der Waals surface area contributed by atoms with Crippen molar-refractivity contribution in [3.8, 4) is 5.88 Å². The Morgan fingerprint density at radius 2 is 1.83 bits per heavy atom. The van der Waals surface area contributed by atoms with E-state index in [9.17, 15) is 13.2 Å². The molecule has 1 unspecified atom stereocenters. The van der Waals surface area contributed by atoms with Crippen LogP contribution in [-0.2, 0) is 19.5 Å². The maximum absolute atomic E-state index is 12.9. The minimum atomic E-state index is -3.27. The fourth-order valence-electron chi connectivity index (χ4n) is 5.84. The lowest BCUT2D eigenvalue weighted by Gasteiger charge is -2.49. The normalized spacial score (nSPS) is 23.2. The van der Waals surface area contributed by atoms with Crippen LogP contribution in [0.1, 0.15) is 65.5 Å². The summed E-state index contributed by atoms with van der Waals surface area (Å²) in [6.07, 6.45) is 3.62. The molecule has 3 saturated heterocycles. The SMILES string of the molecule is CCS(=O)(=O)N1[C@@H]2CCC[C@H]1CC(N(C)c1nc(Nc3cc(C)n(C(=O)OC(C)(C)C)n3)cc(OCC3COC3)n1)C2. The summed E-state index contributed by atoms with van der Waals surface area (Å²) < 4.78 is 45.6. The first-order valence-electron chi connectivity index (χ1n) is 14.7. The first-order chi connectivity index (χ1) is 19.8. The second-order valence-electron chi connectivity index (χ2n) is 12.5. The van der Waals surface area contributed by atoms with E-state index in [1.54, 1.807) is 51.1 Å². The number of carbonyl (C=O) groups is 1. The van der Waals surface area contributed by atoms with Gasteiger partial charge in [-0.05, 0) is 60.3 Å². The lowest BCUT2D eigenvalue weighted by molar-refractivity contribution is -0.0514. The molecule has 0 aromatic carbocycles. The van der Waals surface area contributed by atoms with Gasteiger partial charge in [0.05, 0.1) is 25.6 Å². The van der Waals surface area contributed by atoms with Crippen molar-refractivity contribution in [2.45, 2.75) is 90.4 Å². The molecule has 5 heterocycles. The lowest BCUT2D eigenvalue weighted by Crippen LogP contribution is -2.58. The Morgan fingerprint density at radius 3 is 2.43 bits per heavy atom. The Hall–Kier alpha value is -2.97. The summed E-state index contributed by atoms with van der Waals surface area (Å²) in [5.41, 5.74) is -0.0395. The van der Waals surface area contributed by atoms with Crippen molar-refractivity contribution in [1.29, 1.82) is 0 Å². The molecule has 3 atom stereocenters. The quantitative estimate of drug-likeness (QED) is 0.447. The van der Waals surface area contributed by atoms with Crippen LogP contribution >= 0.6 is 0 Å². The summed E-state index contributed by atoms with van der Waals surface area (Å²) in [5, 5.41) is 7.60. The third-order valence-electron chi connectivity index (χ3n) is 8.01. The van der Waals surface area contributed by atoms with E-state index in [4.69, 9.17) is 24.2 Å². The van der Waals surface area contributed by atoms with Gasteiger partial charge in [0.15, 0.2) is 5.82 Å². The van der Waals surface area contributed by atoms with Gasteiger partial charge in [-0.25, -0.2) is 13.2 Å². The number of nitrogens with zero attached hydrogens (tertiary/aromatic N) is 6. The average molecular weight is 606 g/mol. The van der Waals surface area contributed by atoms with Crippen LogP contribution in [-0.4, -0.2) is 94.9 Å². The first-order valence-corrected chi connectivity index (χ1v) is 16.3. The van der Waals surface area contributed by atoms with E-state index in [1.807, 2.05) is 11.9 Å². The summed E-state index contributed by atoms with van der Waals surface area (Å²) in [5.74, 6) is 2.21. The Bertz CT molecular complexity index is 1370. The molecule has 42 heavy (non-hydrogen) atoms. The van der Waals surface area contributed by atoms with Crippen molar-refractivity contribution in [1.82, 2.24) is 24.1 Å². The molecular formula is C28H43N7O6S. The number of rotatable bonds is 9. The fraction of sp³-hybridized carbons (Fsp3) is 0.714. The molecule has 14 heteroatoms. The zero-order valence-corrected chi connectivity index (χ0v) is 26.2. The molecule has 0 aliphatic carbocycles. The van der Waals surface area contributed by atoms with Gasteiger partial charge in [-0.2, -0.15) is 19.0 Å². The number of sulfonamides is 1. The van der Waals surface area contributed by atoms with Gasteiger partial charge in [0.1, 0.15) is 11.4 Å². The number of aryl methyl sites for hydroxylation is 1. The van der Waals surface area contributed by atoms with Crippen molar-refractivity contribution in [3.63, 3.8) is 0 Å². The maximum Gasteiger partial charge on any atom is 0.435 e. The van der Waals surface area contributed by atoms with Gasteiger partial charge >= 0.3 is 6.09 Å². The summed E-state index contributed by atoms with van der Waals surface area (Å²) >= 11 is 0. The highest BCUT2D eigenvalue weighted by atomic mass is 32.2. The Kier molecular flexibility index (Phi) is 8.68. The average Bonchev–Trinajstić information content (AvgIpc) is 3.25. The number of piperidine rings is 2. The van der Waals surface area contributed by atoms with Gasteiger partial charge in [0, 0.05) is 48.9 Å².